The number of ether oxygens (including phenoxy) is 1. The normalized spacial score (nSPS) is 26.2. The van der Waals surface area contributed by atoms with Crippen LogP contribution in [0.1, 0.15) is 63.0 Å². The third-order valence-electron chi connectivity index (χ3n) is 7.92. The summed E-state index contributed by atoms with van der Waals surface area (Å²) in [4.78, 5) is 13.5. The van der Waals surface area contributed by atoms with Gasteiger partial charge in [0.1, 0.15) is 0 Å². The SMILES string of the molecule is CC(C)c1c(C2(O)CCC(C(F)(F)F)CC2)cnc2ccc(-c3nc(N[C@@H]4CCOC[C@H]4O)ncc3Cl)cc12. The van der Waals surface area contributed by atoms with Gasteiger partial charge in [0, 0.05) is 29.3 Å². The average Bonchev–Trinajstić information content (AvgIpc) is 2.89. The van der Waals surface area contributed by atoms with Crippen LogP contribution in [0.15, 0.2) is 30.6 Å². The van der Waals surface area contributed by atoms with E-state index in [0.29, 0.717) is 46.3 Å². The molecular weight excluding hydrogens is 533 g/mol. The first kappa shape index (κ1) is 28.0. The van der Waals surface area contributed by atoms with Gasteiger partial charge in [-0.2, -0.15) is 13.2 Å². The lowest BCUT2D eigenvalue weighted by Crippen LogP contribution is -2.42. The lowest BCUT2D eigenvalue weighted by Gasteiger charge is -2.38. The van der Waals surface area contributed by atoms with Gasteiger partial charge in [0.15, 0.2) is 0 Å². The fourth-order valence-corrected chi connectivity index (χ4v) is 5.94. The number of aromatic nitrogens is 3. The molecule has 3 aromatic rings. The van der Waals surface area contributed by atoms with E-state index < -0.39 is 23.8 Å². The lowest BCUT2D eigenvalue weighted by atomic mass is 9.72. The lowest BCUT2D eigenvalue weighted by molar-refractivity contribution is -0.193. The first-order valence-corrected chi connectivity index (χ1v) is 13.6. The summed E-state index contributed by atoms with van der Waals surface area (Å²) in [5.41, 5.74) is 1.94. The van der Waals surface area contributed by atoms with E-state index in [2.05, 4.69) is 20.3 Å². The predicted octanol–water partition coefficient (Wildman–Crippen LogP) is 5.97. The molecule has 7 nitrogen and oxygen atoms in total. The molecular formula is C28H32ClF3N4O3. The Balaban J connectivity index is 1.52. The standard InChI is InChI=1S/C28H32ClF3N4O3/c1-15(2)24-18-11-16(25-20(29)13-34-26(36-25)35-22-7-10-39-14-23(22)37)3-4-21(18)33-12-19(24)27(38)8-5-17(6-9-27)28(30,31)32/h3-4,11-13,15,17,22-23,37-38H,5-10,14H2,1-2H3,(H,34,35,36)/t17?,22-,23-,27?/m1/s1. The Labute approximate surface area is 229 Å². The Hall–Kier alpha value is -2.53. The second kappa shape index (κ2) is 10.8. The van der Waals surface area contributed by atoms with Crippen molar-refractivity contribution in [3.63, 3.8) is 0 Å². The zero-order valence-electron chi connectivity index (χ0n) is 21.8. The van der Waals surface area contributed by atoms with Gasteiger partial charge in [-0.25, -0.2) is 9.97 Å². The van der Waals surface area contributed by atoms with Crippen LogP contribution in [0, 0.1) is 5.92 Å². The molecule has 2 aromatic heterocycles. The molecule has 210 valence electrons. The van der Waals surface area contributed by atoms with Crippen LogP contribution in [0.25, 0.3) is 22.2 Å². The van der Waals surface area contributed by atoms with E-state index in [0.717, 1.165) is 10.9 Å². The molecule has 11 heteroatoms. The van der Waals surface area contributed by atoms with Crippen LogP contribution in [0.4, 0.5) is 19.1 Å². The number of nitrogens with one attached hydrogen (secondary N) is 1. The van der Waals surface area contributed by atoms with Crippen molar-refractivity contribution in [2.75, 3.05) is 18.5 Å². The van der Waals surface area contributed by atoms with E-state index >= 15 is 0 Å². The number of nitrogens with zero attached hydrogens (tertiary/aromatic N) is 3. The molecule has 5 rings (SSSR count). The number of aliphatic hydroxyl groups excluding tert-OH is 1. The Kier molecular flexibility index (Phi) is 7.76. The number of anilines is 1. The molecule has 2 atom stereocenters. The second-order valence-electron chi connectivity index (χ2n) is 10.9. The maximum Gasteiger partial charge on any atom is 0.391 e. The maximum absolute atomic E-state index is 13.3. The summed E-state index contributed by atoms with van der Waals surface area (Å²) in [6, 6.07) is 5.35. The van der Waals surface area contributed by atoms with E-state index in [-0.39, 0.29) is 44.2 Å². The van der Waals surface area contributed by atoms with Crippen molar-refractivity contribution in [2.24, 2.45) is 5.92 Å². The highest BCUT2D eigenvalue weighted by atomic mass is 35.5. The summed E-state index contributed by atoms with van der Waals surface area (Å²) < 4.78 is 45.2. The van der Waals surface area contributed by atoms with E-state index in [4.69, 9.17) is 16.3 Å². The number of fused-ring (bicyclic) bond motifs is 1. The van der Waals surface area contributed by atoms with Gasteiger partial charge in [-0.3, -0.25) is 4.98 Å². The third kappa shape index (κ3) is 5.70. The number of pyridine rings is 1. The van der Waals surface area contributed by atoms with Crippen LogP contribution in [0.5, 0.6) is 0 Å². The van der Waals surface area contributed by atoms with Crippen LogP contribution in [-0.4, -0.2) is 56.7 Å². The topological polar surface area (TPSA) is 100 Å². The summed E-state index contributed by atoms with van der Waals surface area (Å²) in [7, 11) is 0. The van der Waals surface area contributed by atoms with Crippen LogP contribution in [-0.2, 0) is 10.3 Å². The van der Waals surface area contributed by atoms with Crippen molar-refractivity contribution in [1.29, 1.82) is 0 Å². The van der Waals surface area contributed by atoms with Crippen molar-refractivity contribution in [3.8, 4) is 11.3 Å². The van der Waals surface area contributed by atoms with Gasteiger partial charge in [-0.15, -0.1) is 0 Å². The Morgan fingerprint density at radius 3 is 2.54 bits per heavy atom. The molecule has 0 unspecified atom stereocenters. The minimum atomic E-state index is -4.26. The van der Waals surface area contributed by atoms with Crippen LogP contribution in [0.2, 0.25) is 5.02 Å². The van der Waals surface area contributed by atoms with E-state index in [9.17, 15) is 23.4 Å². The van der Waals surface area contributed by atoms with Gasteiger partial charge in [0.25, 0.3) is 0 Å². The smallest absolute Gasteiger partial charge is 0.389 e. The predicted molar refractivity (Wildman–Crippen MR) is 143 cm³/mol. The summed E-state index contributed by atoms with van der Waals surface area (Å²) in [6.07, 6.45) is -1.41. The summed E-state index contributed by atoms with van der Waals surface area (Å²) in [5, 5.41) is 26.1. The monoisotopic (exact) mass is 564 g/mol. The molecule has 0 amide bonds. The number of hydrogen-bond donors (Lipinski definition) is 3. The molecule has 3 heterocycles. The van der Waals surface area contributed by atoms with Crippen molar-refractivity contribution >= 4 is 28.5 Å². The highest BCUT2D eigenvalue weighted by Gasteiger charge is 2.46. The molecule has 1 aliphatic heterocycles. The summed E-state index contributed by atoms with van der Waals surface area (Å²) in [5.74, 6) is -1.10. The van der Waals surface area contributed by atoms with E-state index in [1.807, 2.05) is 32.0 Å². The van der Waals surface area contributed by atoms with Crippen molar-refractivity contribution in [1.82, 2.24) is 15.0 Å². The molecule has 39 heavy (non-hydrogen) atoms. The minimum Gasteiger partial charge on any atom is -0.389 e. The van der Waals surface area contributed by atoms with Gasteiger partial charge in [0.2, 0.25) is 5.95 Å². The quantitative estimate of drug-likeness (QED) is 0.351. The Morgan fingerprint density at radius 2 is 1.87 bits per heavy atom. The van der Waals surface area contributed by atoms with Crippen molar-refractivity contribution < 1.29 is 28.1 Å². The molecule has 1 aromatic carbocycles. The maximum atomic E-state index is 13.3. The average molecular weight is 565 g/mol. The Bertz CT molecular complexity index is 1350. The van der Waals surface area contributed by atoms with Gasteiger partial charge in [0.05, 0.1) is 52.7 Å². The van der Waals surface area contributed by atoms with Gasteiger partial charge >= 0.3 is 6.18 Å². The fraction of sp³-hybridized carbons (Fsp3) is 0.536. The van der Waals surface area contributed by atoms with E-state index in [1.165, 1.54) is 6.20 Å². The highest BCUT2D eigenvalue weighted by molar-refractivity contribution is 6.33. The fourth-order valence-electron chi connectivity index (χ4n) is 5.74. The van der Waals surface area contributed by atoms with Crippen LogP contribution in [0.3, 0.4) is 0 Å². The first-order valence-electron chi connectivity index (χ1n) is 13.2. The molecule has 3 N–H and O–H groups in total. The van der Waals surface area contributed by atoms with Gasteiger partial charge in [-0.1, -0.05) is 31.5 Å². The summed E-state index contributed by atoms with van der Waals surface area (Å²) >= 11 is 6.51. The van der Waals surface area contributed by atoms with Gasteiger partial charge < -0.3 is 20.3 Å². The largest absolute Gasteiger partial charge is 0.391 e. The zero-order chi connectivity index (χ0) is 27.9. The van der Waals surface area contributed by atoms with Crippen LogP contribution < -0.4 is 5.32 Å². The number of hydrogen-bond acceptors (Lipinski definition) is 7. The number of alkyl halides is 3. The number of halogens is 4. The molecule has 0 radical (unpaired) electrons. The third-order valence-corrected chi connectivity index (χ3v) is 8.20. The highest BCUT2D eigenvalue weighted by Crippen LogP contribution is 2.47. The molecule has 1 aliphatic carbocycles. The Morgan fingerprint density at radius 1 is 1.13 bits per heavy atom. The molecule has 2 aliphatic rings. The van der Waals surface area contributed by atoms with Crippen molar-refractivity contribution in [3.05, 3.63) is 46.7 Å². The van der Waals surface area contributed by atoms with Gasteiger partial charge in [-0.05, 0) is 55.7 Å². The molecule has 2 fully saturated rings. The minimum absolute atomic E-state index is 0.0224. The van der Waals surface area contributed by atoms with E-state index in [1.54, 1.807) is 6.20 Å². The molecule has 0 spiro atoms. The van der Waals surface area contributed by atoms with Crippen LogP contribution >= 0.6 is 11.6 Å². The number of aliphatic hydroxyl groups is 2. The molecule has 0 bridgehead atoms. The molecule has 1 saturated carbocycles. The second-order valence-corrected chi connectivity index (χ2v) is 11.3. The first-order chi connectivity index (χ1) is 18.5. The number of benzene rings is 1. The number of rotatable bonds is 5. The van der Waals surface area contributed by atoms with Crippen molar-refractivity contribution in [2.45, 2.75) is 75.8 Å². The zero-order valence-corrected chi connectivity index (χ0v) is 22.6. The molecule has 1 saturated heterocycles. The summed E-state index contributed by atoms with van der Waals surface area (Å²) in [6.45, 7) is 4.75.